The zero-order valence-electron chi connectivity index (χ0n) is 27.2. The maximum atomic E-state index is 14.6. The number of nitrogens with one attached hydrogen (secondary N) is 1. The number of carbonyl (C=O) groups excluding carboxylic acids is 2. The Morgan fingerprint density at radius 1 is 0.896 bits per heavy atom. The standard InChI is InChI=1S/C36H39ClFN3O6S/c1-5-25(2)39-36(43)32(21-26-11-7-6-8-12-26)40(23-27-13-9-10-14-31(27)37)35(42)24-41(29-17-15-28(38)16-18-29)48(44,45)30-19-20-33(46-3)34(22-30)47-4/h6-20,22,25,32H,5,21,23-24H2,1-4H3,(H,39,43). The predicted octanol–water partition coefficient (Wildman–Crippen LogP) is 6.25. The maximum Gasteiger partial charge on any atom is 0.264 e. The van der Waals surface area contributed by atoms with Crippen molar-refractivity contribution in [2.45, 2.75) is 50.2 Å². The quantitative estimate of drug-likeness (QED) is 0.158. The molecule has 0 aliphatic carbocycles. The summed E-state index contributed by atoms with van der Waals surface area (Å²) in [6.07, 6.45) is 0.808. The van der Waals surface area contributed by atoms with E-state index in [1.54, 1.807) is 24.3 Å². The fraction of sp³-hybridized carbons (Fsp3) is 0.278. The highest BCUT2D eigenvalue weighted by Crippen LogP contribution is 2.33. The van der Waals surface area contributed by atoms with Crippen LogP contribution in [0.2, 0.25) is 5.02 Å². The number of hydrogen-bond donors (Lipinski definition) is 1. The second-order valence-corrected chi connectivity index (χ2v) is 13.4. The van der Waals surface area contributed by atoms with Crippen molar-refractivity contribution in [2.75, 3.05) is 25.1 Å². The zero-order valence-corrected chi connectivity index (χ0v) is 28.8. The van der Waals surface area contributed by atoms with Gasteiger partial charge in [0.15, 0.2) is 11.5 Å². The number of anilines is 1. The molecular formula is C36H39ClFN3O6S. The van der Waals surface area contributed by atoms with E-state index in [9.17, 15) is 22.4 Å². The number of ether oxygens (including phenoxy) is 2. The van der Waals surface area contributed by atoms with E-state index in [1.807, 2.05) is 44.2 Å². The predicted molar refractivity (Wildman–Crippen MR) is 184 cm³/mol. The molecule has 0 saturated carbocycles. The summed E-state index contributed by atoms with van der Waals surface area (Å²) in [7, 11) is -1.66. The Balaban J connectivity index is 1.84. The molecule has 4 aromatic carbocycles. The molecular weight excluding hydrogens is 657 g/mol. The molecule has 2 amide bonds. The van der Waals surface area contributed by atoms with Gasteiger partial charge in [0.25, 0.3) is 10.0 Å². The average Bonchev–Trinajstić information content (AvgIpc) is 3.09. The summed E-state index contributed by atoms with van der Waals surface area (Å²) in [5.74, 6) is -1.19. The molecule has 0 radical (unpaired) electrons. The van der Waals surface area contributed by atoms with Crippen molar-refractivity contribution < 1.29 is 31.9 Å². The third kappa shape index (κ3) is 8.84. The molecule has 0 fully saturated rings. The molecule has 4 aromatic rings. The van der Waals surface area contributed by atoms with Gasteiger partial charge in [-0.25, -0.2) is 12.8 Å². The van der Waals surface area contributed by atoms with Crippen LogP contribution in [0, 0.1) is 5.82 Å². The zero-order chi connectivity index (χ0) is 34.8. The maximum absolute atomic E-state index is 14.6. The van der Waals surface area contributed by atoms with Gasteiger partial charge in [0.2, 0.25) is 11.8 Å². The van der Waals surface area contributed by atoms with Gasteiger partial charge in [0, 0.05) is 30.1 Å². The number of nitrogens with zero attached hydrogens (tertiary/aromatic N) is 2. The van der Waals surface area contributed by atoms with Gasteiger partial charge in [-0.15, -0.1) is 0 Å². The minimum atomic E-state index is -4.46. The summed E-state index contributed by atoms with van der Waals surface area (Å²) in [6.45, 7) is 3.00. The van der Waals surface area contributed by atoms with Gasteiger partial charge < -0.3 is 19.7 Å². The molecule has 0 aliphatic heterocycles. The highest BCUT2D eigenvalue weighted by molar-refractivity contribution is 7.92. The van der Waals surface area contributed by atoms with E-state index in [0.717, 1.165) is 22.0 Å². The van der Waals surface area contributed by atoms with Crippen LogP contribution >= 0.6 is 11.6 Å². The van der Waals surface area contributed by atoms with Gasteiger partial charge in [-0.1, -0.05) is 67.1 Å². The molecule has 1 N–H and O–H groups in total. The first-order valence-electron chi connectivity index (χ1n) is 15.4. The SMILES string of the molecule is CCC(C)NC(=O)C(Cc1ccccc1)N(Cc1ccccc1Cl)C(=O)CN(c1ccc(F)cc1)S(=O)(=O)c1ccc(OC)c(OC)c1. The van der Waals surface area contributed by atoms with E-state index in [1.165, 1.54) is 49.5 Å². The summed E-state index contributed by atoms with van der Waals surface area (Å²) in [5.41, 5.74) is 1.41. The van der Waals surface area contributed by atoms with Gasteiger partial charge in [0.05, 0.1) is 24.8 Å². The number of rotatable bonds is 15. The van der Waals surface area contributed by atoms with Crippen molar-refractivity contribution >= 4 is 39.1 Å². The smallest absolute Gasteiger partial charge is 0.264 e. The van der Waals surface area contributed by atoms with Crippen LogP contribution in [-0.2, 0) is 32.6 Å². The van der Waals surface area contributed by atoms with E-state index in [2.05, 4.69) is 5.32 Å². The van der Waals surface area contributed by atoms with Crippen molar-refractivity contribution in [3.05, 3.63) is 119 Å². The van der Waals surface area contributed by atoms with Gasteiger partial charge >= 0.3 is 0 Å². The van der Waals surface area contributed by atoms with Crippen LogP contribution in [0.5, 0.6) is 11.5 Å². The Bertz CT molecular complexity index is 1810. The second kappa shape index (κ2) is 16.5. The van der Waals surface area contributed by atoms with Crippen LogP contribution in [0.15, 0.2) is 102 Å². The van der Waals surface area contributed by atoms with Crippen LogP contribution in [0.25, 0.3) is 0 Å². The first-order chi connectivity index (χ1) is 23.0. The Kier molecular flexibility index (Phi) is 12.4. The average molecular weight is 696 g/mol. The number of methoxy groups -OCH3 is 2. The molecule has 0 aromatic heterocycles. The molecule has 0 saturated heterocycles. The van der Waals surface area contributed by atoms with Crippen molar-refractivity contribution in [3.8, 4) is 11.5 Å². The van der Waals surface area contributed by atoms with Crippen molar-refractivity contribution in [2.24, 2.45) is 0 Å². The molecule has 12 heteroatoms. The Morgan fingerprint density at radius 2 is 1.54 bits per heavy atom. The van der Waals surface area contributed by atoms with Crippen molar-refractivity contribution in [3.63, 3.8) is 0 Å². The fourth-order valence-corrected chi connectivity index (χ4v) is 6.67. The number of amides is 2. The normalized spacial score (nSPS) is 12.5. The molecule has 2 atom stereocenters. The monoisotopic (exact) mass is 695 g/mol. The molecule has 0 spiro atoms. The van der Waals surface area contributed by atoms with Crippen LogP contribution in [0.4, 0.5) is 10.1 Å². The van der Waals surface area contributed by atoms with Gasteiger partial charge in [-0.05, 0) is 66.9 Å². The number of hydrogen-bond acceptors (Lipinski definition) is 6. The molecule has 0 heterocycles. The first kappa shape index (κ1) is 36.2. The highest BCUT2D eigenvalue weighted by Gasteiger charge is 2.35. The van der Waals surface area contributed by atoms with Crippen molar-refractivity contribution in [1.29, 1.82) is 0 Å². The summed E-state index contributed by atoms with van der Waals surface area (Å²) < 4.78 is 54.1. The number of halogens is 2. The molecule has 0 aliphatic rings. The van der Waals surface area contributed by atoms with Crippen LogP contribution in [0.1, 0.15) is 31.4 Å². The van der Waals surface area contributed by atoms with E-state index in [4.69, 9.17) is 21.1 Å². The van der Waals surface area contributed by atoms with Crippen LogP contribution in [-0.4, -0.2) is 58.0 Å². The van der Waals surface area contributed by atoms with E-state index >= 15 is 0 Å². The topological polar surface area (TPSA) is 105 Å². The van der Waals surface area contributed by atoms with E-state index in [-0.39, 0.29) is 35.3 Å². The van der Waals surface area contributed by atoms with Crippen LogP contribution in [0.3, 0.4) is 0 Å². The summed E-state index contributed by atoms with van der Waals surface area (Å²) in [5, 5.41) is 3.37. The lowest BCUT2D eigenvalue weighted by atomic mass is 10.0. The number of benzene rings is 4. The molecule has 4 rings (SSSR count). The lowest BCUT2D eigenvalue weighted by molar-refractivity contribution is -0.140. The minimum Gasteiger partial charge on any atom is -0.493 e. The Hall–Kier alpha value is -4.61. The summed E-state index contributed by atoms with van der Waals surface area (Å²) in [4.78, 5) is 29.7. The molecule has 9 nitrogen and oxygen atoms in total. The molecule has 48 heavy (non-hydrogen) atoms. The lowest BCUT2D eigenvalue weighted by Gasteiger charge is -2.34. The van der Waals surface area contributed by atoms with Crippen molar-refractivity contribution in [1.82, 2.24) is 10.2 Å². The Morgan fingerprint density at radius 3 is 2.17 bits per heavy atom. The molecule has 254 valence electrons. The Labute approximate surface area is 286 Å². The van der Waals surface area contributed by atoms with Gasteiger partial charge in [-0.3, -0.25) is 13.9 Å². The summed E-state index contributed by atoms with van der Waals surface area (Å²) in [6, 6.07) is 23.8. The number of carbonyl (C=O) groups is 2. The first-order valence-corrected chi connectivity index (χ1v) is 17.2. The molecule has 2 unspecified atom stereocenters. The second-order valence-electron chi connectivity index (χ2n) is 11.1. The van der Waals surface area contributed by atoms with Gasteiger partial charge in [-0.2, -0.15) is 0 Å². The van der Waals surface area contributed by atoms with Crippen LogP contribution < -0.4 is 19.1 Å². The fourth-order valence-electron chi connectivity index (χ4n) is 5.05. The number of sulfonamides is 1. The largest absolute Gasteiger partial charge is 0.493 e. The lowest BCUT2D eigenvalue weighted by Crippen LogP contribution is -2.54. The van der Waals surface area contributed by atoms with Gasteiger partial charge in [0.1, 0.15) is 18.4 Å². The minimum absolute atomic E-state index is 0.0425. The molecule has 0 bridgehead atoms. The van der Waals surface area contributed by atoms with E-state index in [0.29, 0.717) is 22.8 Å². The van der Waals surface area contributed by atoms with E-state index < -0.39 is 40.2 Å². The summed E-state index contributed by atoms with van der Waals surface area (Å²) >= 11 is 6.54. The third-order valence-electron chi connectivity index (χ3n) is 7.91. The third-order valence-corrected chi connectivity index (χ3v) is 10.0. The highest BCUT2D eigenvalue weighted by atomic mass is 35.5.